The van der Waals surface area contributed by atoms with Crippen LogP contribution in [0.3, 0.4) is 0 Å². The molecular formula is C27H35F3N4O7. The lowest BCUT2D eigenvalue weighted by Crippen LogP contribution is -2.50. The summed E-state index contributed by atoms with van der Waals surface area (Å²) in [4.78, 5) is 22.1. The number of carbonyl (C=O) groups is 1. The van der Waals surface area contributed by atoms with Gasteiger partial charge in [-0.2, -0.15) is 0 Å². The molecule has 1 aliphatic rings. The average Bonchev–Trinajstić information content (AvgIpc) is 2.93. The minimum Gasteiger partial charge on any atom is -0.416 e. The molecule has 0 radical (unpaired) electrons. The van der Waals surface area contributed by atoms with Gasteiger partial charge in [-0.1, -0.05) is 0 Å². The number of nitrogens with zero attached hydrogens (tertiary/aromatic N) is 3. The number of methoxy groups -OCH3 is 2. The Hall–Kier alpha value is -3.72. The maximum absolute atomic E-state index is 12.7. The Bertz CT molecular complexity index is 1150. The normalized spacial score (nSPS) is 21.1. The van der Waals surface area contributed by atoms with Gasteiger partial charge in [0.05, 0.1) is 17.9 Å². The molecule has 0 aromatic heterocycles. The number of anilines is 1. The zero-order valence-corrected chi connectivity index (χ0v) is 23.4. The van der Waals surface area contributed by atoms with Crippen LogP contribution in [0.2, 0.25) is 0 Å². The second-order valence-corrected chi connectivity index (χ2v) is 8.60. The number of carbonyl (C=O) groups excluding carboxylic acids is 1. The number of hydrogen-bond donors (Lipinski definition) is 2. The summed E-state index contributed by atoms with van der Waals surface area (Å²) in [5, 5.41) is 7.57. The number of amides is 1. The van der Waals surface area contributed by atoms with Crippen LogP contribution in [0.1, 0.15) is 25.8 Å². The van der Waals surface area contributed by atoms with Crippen LogP contribution in [-0.2, 0) is 18.9 Å². The average molecular weight is 585 g/mol. The van der Waals surface area contributed by atoms with Crippen LogP contribution < -0.4 is 15.4 Å². The first-order valence-electron chi connectivity index (χ1n) is 12.5. The van der Waals surface area contributed by atoms with E-state index < -0.39 is 24.8 Å². The van der Waals surface area contributed by atoms with Gasteiger partial charge in [0.2, 0.25) is 6.29 Å². The van der Waals surface area contributed by atoms with Crippen LogP contribution in [-0.4, -0.2) is 82.2 Å². The van der Waals surface area contributed by atoms with Crippen molar-refractivity contribution in [2.24, 2.45) is 15.7 Å². The van der Waals surface area contributed by atoms with Crippen molar-refractivity contribution >= 4 is 29.6 Å². The molecule has 3 N–H and O–H groups in total. The fourth-order valence-corrected chi connectivity index (χ4v) is 3.62. The summed E-state index contributed by atoms with van der Waals surface area (Å²) in [5.74, 6) is -0.213. The maximum Gasteiger partial charge on any atom is 0.573 e. The standard InChI is InChI=1S/C25H29F3N4O6.C2H6O/c1-15-20(34-3)13-21(35-4)23(36-15)37-24(33)32(2)18-9-5-16(6-10-18)22(29)31-14-30-17-7-11-19(12-8-17)38-25(26,27)28;1-2-3/h5-12,14-15,20-21,23H,13H2,1-4H3,(H2,29,30,31);3H,2H2,1H3/t15-,20?,21+,23?;/m0./s1. The molecule has 1 aliphatic heterocycles. The van der Waals surface area contributed by atoms with Crippen LogP contribution >= 0.6 is 0 Å². The van der Waals surface area contributed by atoms with Crippen LogP contribution in [0, 0.1) is 0 Å². The van der Waals surface area contributed by atoms with Crippen LogP contribution in [0.25, 0.3) is 0 Å². The number of hydrogen-bond acceptors (Lipinski definition) is 8. The Morgan fingerprint density at radius 1 is 1.12 bits per heavy atom. The first-order chi connectivity index (χ1) is 19.4. The summed E-state index contributed by atoms with van der Waals surface area (Å²) in [6.07, 6.45) is -5.50. The summed E-state index contributed by atoms with van der Waals surface area (Å²) in [5.41, 5.74) is 7.45. The molecule has 0 spiro atoms. The fraction of sp³-hybridized carbons (Fsp3) is 0.444. The number of halogens is 3. The van der Waals surface area contributed by atoms with E-state index in [0.717, 1.165) is 12.1 Å². The summed E-state index contributed by atoms with van der Waals surface area (Å²) in [7, 11) is 4.66. The molecule has 226 valence electrons. The van der Waals surface area contributed by atoms with Gasteiger partial charge in [-0.3, -0.25) is 4.90 Å². The number of rotatable bonds is 8. The third-order valence-electron chi connectivity index (χ3n) is 5.76. The second-order valence-electron chi connectivity index (χ2n) is 8.60. The molecule has 0 bridgehead atoms. The summed E-state index contributed by atoms with van der Waals surface area (Å²) in [6.45, 7) is 3.77. The van der Waals surface area contributed by atoms with Gasteiger partial charge in [0.1, 0.15) is 24.0 Å². The number of benzene rings is 2. The molecule has 1 saturated heterocycles. The van der Waals surface area contributed by atoms with Gasteiger partial charge < -0.3 is 34.5 Å². The quantitative estimate of drug-likeness (QED) is 0.344. The van der Waals surface area contributed by atoms with E-state index in [1.807, 2.05) is 6.92 Å². The van der Waals surface area contributed by atoms with Gasteiger partial charge in [-0.15, -0.1) is 13.2 Å². The molecule has 0 aliphatic carbocycles. The molecule has 2 aromatic rings. The number of amidine groups is 1. The van der Waals surface area contributed by atoms with E-state index in [9.17, 15) is 18.0 Å². The zero-order chi connectivity index (χ0) is 30.6. The lowest BCUT2D eigenvalue weighted by molar-refractivity contribution is -0.274. The molecule has 1 amide bonds. The highest BCUT2D eigenvalue weighted by Crippen LogP contribution is 2.27. The van der Waals surface area contributed by atoms with Crippen LogP contribution in [0.4, 0.5) is 29.3 Å². The van der Waals surface area contributed by atoms with E-state index in [2.05, 4.69) is 14.7 Å². The van der Waals surface area contributed by atoms with Gasteiger partial charge in [0, 0.05) is 45.5 Å². The van der Waals surface area contributed by atoms with Crippen molar-refractivity contribution in [1.29, 1.82) is 0 Å². The van der Waals surface area contributed by atoms with E-state index in [1.54, 1.807) is 45.3 Å². The molecule has 2 unspecified atom stereocenters. The van der Waals surface area contributed by atoms with Crippen molar-refractivity contribution in [1.82, 2.24) is 0 Å². The molecule has 1 heterocycles. The van der Waals surface area contributed by atoms with E-state index in [0.29, 0.717) is 23.4 Å². The zero-order valence-electron chi connectivity index (χ0n) is 23.4. The molecule has 3 rings (SSSR count). The maximum atomic E-state index is 12.7. The third kappa shape index (κ3) is 10.6. The Morgan fingerprint density at radius 2 is 1.71 bits per heavy atom. The van der Waals surface area contributed by atoms with E-state index >= 15 is 0 Å². The van der Waals surface area contributed by atoms with Gasteiger partial charge in [-0.25, -0.2) is 14.8 Å². The molecule has 1 fully saturated rings. The number of aliphatic imine (C=N–C) groups is 2. The Morgan fingerprint density at radius 3 is 2.24 bits per heavy atom. The van der Waals surface area contributed by atoms with Crippen molar-refractivity contribution in [3.8, 4) is 5.75 Å². The number of ether oxygens (including phenoxy) is 5. The highest BCUT2D eigenvalue weighted by molar-refractivity contribution is 6.02. The predicted octanol–water partition coefficient (Wildman–Crippen LogP) is 4.39. The van der Waals surface area contributed by atoms with Crippen molar-refractivity contribution in [2.45, 2.75) is 51.2 Å². The molecule has 4 atom stereocenters. The topological polar surface area (TPSA) is 137 Å². The van der Waals surface area contributed by atoms with Crippen molar-refractivity contribution in [3.63, 3.8) is 0 Å². The Balaban J connectivity index is 0.00000187. The smallest absolute Gasteiger partial charge is 0.416 e. The number of aliphatic hydroxyl groups excluding tert-OH is 1. The van der Waals surface area contributed by atoms with Crippen LogP contribution in [0.15, 0.2) is 58.5 Å². The van der Waals surface area contributed by atoms with Gasteiger partial charge in [0.25, 0.3) is 0 Å². The summed E-state index contributed by atoms with van der Waals surface area (Å²) < 4.78 is 62.6. The minimum absolute atomic E-state index is 0.141. The molecule has 41 heavy (non-hydrogen) atoms. The predicted molar refractivity (Wildman–Crippen MR) is 147 cm³/mol. The molecular weight excluding hydrogens is 549 g/mol. The van der Waals surface area contributed by atoms with Gasteiger partial charge in [-0.05, 0) is 62.4 Å². The fourth-order valence-electron chi connectivity index (χ4n) is 3.62. The van der Waals surface area contributed by atoms with Crippen molar-refractivity contribution < 1.29 is 46.8 Å². The molecule has 2 aromatic carbocycles. The Labute approximate surface area is 236 Å². The third-order valence-corrected chi connectivity index (χ3v) is 5.76. The van der Waals surface area contributed by atoms with E-state index in [1.165, 1.54) is 30.5 Å². The number of nitrogens with two attached hydrogens (primary N) is 1. The molecule has 11 nitrogen and oxygen atoms in total. The lowest BCUT2D eigenvalue weighted by atomic mass is 10.0. The molecule has 0 saturated carbocycles. The van der Waals surface area contributed by atoms with Gasteiger partial charge >= 0.3 is 12.5 Å². The first-order valence-corrected chi connectivity index (χ1v) is 12.5. The van der Waals surface area contributed by atoms with Crippen molar-refractivity contribution in [2.75, 3.05) is 32.8 Å². The monoisotopic (exact) mass is 584 g/mol. The summed E-state index contributed by atoms with van der Waals surface area (Å²) in [6, 6.07) is 11.6. The van der Waals surface area contributed by atoms with Crippen LogP contribution in [0.5, 0.6) is 5.75 Å². The number of aliphatic hydroxyl groups is 1. The van der Waals surface area contributed by atoms with Crippen molar-refractivity contribution in [3.05, 3.63) is 54.1 Å². The SMILES string of the molecule is CCO.COC1C[C@@H](OC)C(OC(=O)N(C)c2ccc(C(N)=NC=Nc3ccc(OC(F)(F)F)cc3)cc2)O[C@H]1C. The minimum atomic E-state index is -4.77. The number of alkyl halides is 3. The Kier molecular flexibility index (Phi) is 13.0. The summed E-state index contributed by atoms with van der Waals surface area (Å²) >= 11 is 0. The highest BCUT2D eigenvalue weighted by Gasteiger charge is 2.39. The second kappa shape index (κ2) is 15.9. The lowest BCUT2D eigenvalue weighted by Gasteiger charge is -2.38. The van der Waals surface area contributed by atoms with E-state index in [-0.39, 0.29) is 30.4 Å². The van der Waals surface area contributed by atoms with Gasteiger partial charge in [0.15, 0.2) is 0 Å². The largest absolute Gasteiger partial charge is 0.573 e. The highest BCUT2D eigenvalue weighted by atomic mass is 19.4. The van der Waals surface area contributed by atoms with E-state index in [4.69, 9.17) is 29.8 Å². The molecule has 14 heteroatoms. The first kappa shape index (κ1) is 33.5.